The highest BCUT2D eigenvalue weighted by molar-refractivity contribution is 7.14. The number of nitrogens with zero attached hydrogens (tertiary/aromatic N) is 2. The maximum absolute atomic E-state index is 12.0. The number of piperidine rings is 1. The quantitative estimate of drug-likeness (QED) is 0.420. The summed E-state index contributed by atoms with van der Waals surface area (Å²) in [5, 5.41) is 4.14. The number of carbonyl (C=O) groups excluding carboxylic acids is 1. The van der Waals surface area contributed by atoms with E-state index < -0.39 is 5.60 Å². The van der Waals surface area contributed by atoms with Crippen LogP contribution in [0.3, 0.4) is 0 Å². The third kappa shape index (κ3) is 6.96. The lowest BCUT2D eigenvalue weighted by Gasteiger charge is -2.33. The molecule has 7 heteroatoms. The molecule has 1 amide bonds. The molecular formula is C19H30N2O4S. The highest BCUT2D eigenvalue weighted by Gasteiger charge is 2.27. The standard InChI is InChI=1S/C19H30N2O4S/c1-14-6-7-17(26-14)15(2)20-24-13-12-23-16-8-10-21(11-9-16)18(22)25-19(3,4)5/h6-7,16H,8-13H2,1-5H3. The number of amides is 1. The molecule has 0 spiro atoms. The maximum atomic E-state index is 12.0. The second-order valence-electron chi connectivity index (χ2n) is 7.46. The van der Waals surface area contributed by atoms with Gasteiger partial charge in [0.25, 0.3) is 0 Å². The minimum atomic E-state index is -0.456. The van der Waals surface area contributed by atoms with Gasteiger partial charge in [0.05, 0.1) is 23.3 Å². The van der Waals surface area contributed by atoms with Gasteiger partial charge < -0.3 is 19.2 Å². The van der Waals surface area contributed by atoms with Crippen LogP contribution >= 0.6 is 11.3 Å². The van der Waals surface area contributed by atoms with Gasteiger partial charge in [0.2, 0.25) is 0 Å². The summed E-state index contributed by atoms with van der Waals surface area (Å²) in [4.78, 5) is 21.5. The lowest BCUT2D eigenvalue weighted by molar-refractivity contribution is -0.0287. The normalized spacial score (nSPS) is 16.7. The average Bonchev–Trinajstić information content (AvgIpc) is 3.00. The number of likely N-dealkylation sites (tertiary alicyclic amines) is 1. The van der Waals surface area contributed by atoms with Crippen molar-refractivity contribution in [2.24, 2.45) is 5.16 Å². The van der Waals surface area contributed by atoms with Crippen LogP contribution in [0.4, 0.5) is 4.79 Å². The molecular weight excluding hydrogens is 352 g/mol. The molecule has 0 radical (unpaired) electrons. The van der Waals surface area contributed by atoms with Gasteiger partial charge >= 0.3 is 6.09 Å². The van der Waals surface area contributed by atoms with Crippen LogP contribution in [0.5, 0.6) is 0 Å². The van der Waals surface area contributed by atoms with Crippen LogP contribution in [-0.4, -0.2) is 54.7 Å². The van der Waals surface area contributed by atoms with Gasteiger partial charge in [0.1, 0.15) is 12.2 Å². The average molecular weight is 383 g/mol. The first-order chi connectivity index (χ1) is 12.2. The van der Waals surface area contributed by atoms with Crippen LogP contribution in [-0.2, 0) is 14.3 Å². The zero-order valence-electron chi connectivity index (χ0n) is 16.4. The fourth-order valence-corrected chi connectivity index (χ4v) is 3.40. The first-order valence-electron chi connectivity index (χ1n) is 9.07. The fraction of sp³-hybridized carbons (Fsp3) is 0.684. The number of rotatable bonds is 6. The molecule has 1 aliphatic rings. The highest BCUT2D eigenvalue weighted by atomic mass is 32.1. The highest BCUT2D eigenvalue weighted by Crippen LogP contribution is 2.18. The third-order valence-corrected chi connectivity index (χ3v) is 5.03. The van der Waals surface area contributed by atoms with E-state index in [2.05, 4.69) is 24.2 Å². The fourth-order valence-electron chi connectivity index (χ4n) is 2.60. The van der Waals surface area contributed by atoms with E-state index in [1.807, 2.05) is 27.7 Å². The first-order valence-corrected chi connectivity index (χ1v) is 9.89. The van der Waals surface area contributed by atoms with Crippen molar-refractivity contribution in [3.63, 3.8) is 0 Å². The van der Waals surface area contributed by atoms with E-state index in [0.29, 0.717) is 26.3 Å². The predicted octanol–water partition coefficient (Wildman–Crippen LogP) is 4.21. The van der Waals surface area contributed by atoms with Crippen LogP contribution in [0, 0.1) is 6.92 Å². The molecule has 1 saturated heterocycles. The van der Waals surface area contributed by atoms with Gasteiger partial charge in [-0.05, 0) is 59.6 Å². The van der Waals surface area contributed by atoms with E-state index in [9.17, 15) is 4.79 Å². The molecule has 0 aromatic carbocycles. The van der Waals surface area contributed by atoms with E-state index in [0.717, 1.165) is 23.4 Å². The van der Waals surface area contributed by atoms with Crippen molar-refractivity contribution >= 4 is 23.1 Å². The Morgan fingerprint density at radius 3 is 2.54 bits per heavy atom. The molecule has 1 aromatic heterocycles. The molecule has 1 aliphatic heterocycles. The monoisotopic (exact) mass is 382 g/mol. The zero-order valence-corrected chi connectivity index (χ0v) is 17.2. The van der Waals surface area contributed by atoms with Gasteiger partial charge in [-0.1, -0.05) is 5.16 Å². The summed E-state index contributed by atoms with van der Waals surface area (Å²) >= 11 is 1.70. The molecule has 0 aliphatic carbocycles. The molecule has 0 unspecified atom stereocenters. The number of carbonyl (C=O) groups is 1. The number of thiophene rings is 1. The van der Waals surface area contributed by atoms with Crippen molar-refractivity contribution in [2.45, 2.75) is 59.2 Å². The van der Waals surface area contributed by atoms with Crippen LogP contribution < -0.4 is 0 Å². The Morgan fingerprint density at radius 2 is 1.96 bits per heavy atom. The van der Waals surface area contributed by atoms with Gasteiger partial charge in [0, 0.05) is 18.0 Å². The Morgan fingerprint density at radius 1 is 1.27 bits per heavy atom. The number of ether oxygens (including phenoxy) is 2. The lowest BCUT2D eigenvalue weighted by atomic mass is 10.1. The van der Waals surface area contributed by atoms with Gasteiger partial charge in [-0.2, -0.15) is 0 Å². The summed E-state index contributed by atoms with van der Waals surface area (Å²) in [5.74, 6) is 0. The van der Waals surface area contributed by atoms with E-state index in [4.69, 9.17) is 14.3 Å². The predicted molar refractivity (Wildman–Crippen MR) is 104 cm³/mol. The second kappa shape index (κ2) is 9.37. The Kier molecular flexibility index (Phi) is 7.46. The second-order valence-corrected chi connectivity index (χ2v) is 8.75. The molecule has 2 heterocycles. The van der Waals surface area contributed by atoms with E-state index >= 15 is 0 Å². The van der Waals surface area contributed by atoms with Crippen LogP contribution in [0.2, 0.25) is 0 Å². The number of aryl methyl sites for hydroxylation is 1. The van der Waals surface area contributed by atoms with Gasteiger partial charge in [0.15, 0.2) is 0 Å². The molecule has 0 saturated carbocycles. The van der Waals surface area contributed by atoms with Crippen molar-refractivity contribution in [1.29, 1.82) is 0 Å². The molecule has 1 fully saturated rings. The Bertz CT molecular complexity index is 613. The molecule has 2 rings (SSSR count). The molecule has 0 atom stereocenters. The van der Waals surface area contributed by atoms with E-state index in [1.165, 1.54) is 4.88 Å². The van der Waals surface area contributed by atoms with Crippen molar-refractivity contribution < 1.29 is 19.1 Å². The largest absolute Gasteiger partial charge is 0.444 e. The first kappa shape index (κ1) is 20.7. The van der Waals surface area contributed by atoms with Crippen molar-refractivity contribution in [1.82, 2.24) is 4.90 Å². The Hall–Kier alpha value is -1.60. The molecule has 0 N–H and O–H groups in total. The van der Waals surface area contributed by atoms with Gasteiger partial charge in [-0.3, -0.25) is 0 Å². The third-order valence-electron chi connectivity index (χ3n) is 3.92. The van der Waals surface area contributed by atoms with Crippen LogP contribution in [0.25, 0.3) is 0 Å². The van der Waals surface area contributed by atoms with Crippen molar-refractivity contribution in [3.05, 3.63) is 21.9 Å². The van der Waals surface area contributed by atoms with E-state index in [1.54, 1.807) is 16.2 Å². The maximum Gasteiger partial charge on any atom is 0.410 e. The Labute approximate surface area is 160 Å². The molecule has 146 valence electrons. The number of hydrogen-bond acceptors (Lipinski definition) is 6. The number of hydrogen-bond donors (Lipinski definition) is 0. The molecule has 6 nitrogen and oxygen atoms in total. The smallest absolute Gasteiger partial charge is 0.410 e. The van der Waals surface area contributed by atoms with Crippen molar-refractivity contribution in [2.75, 3.05) is 26.3 Å². The van der Waals surface area contributed by atoms with Gasteiger partial charge in [-0.15, -0.1) is 11.3 Å². The summed E-state index contributed by atoms with van der Waals surface area (Å²) in [6.45, 7) is 11.9. The topological polar surface area (TPSA) is 60.4 Å². The lowest BCUT2D eigenvalue weighted by Crippen LogP contribution is -2.43. The molecule has 0 bridgehead atoms. The van der Waals surface area contributed by atoms with E-state index in [-0.39, 0.29) is 12.2 Å². The summed E-state index contributed by atoms with van der Waals surface area (Å²) in [6.07, 6.45) is 1.54. The minimum absolute atomic E-state index is 0.155. The van der Waals surface area contributed by atoms with Crippen molar-refractivity contribution in [3.8, 4) is 0 Å². The number of oxime groups is 1. The van der Waals surface area contributed by atoms with Gasteiger partial charge in [-0.25, -0.2) is 4.79 Å². The Balaban J connectivity index is 1.61. The van der Waals surface area contributed by atoms with Crippen LogP contribution in [0.15, 0.2) is 17.3 Å². The summed E-state index contributed by atoms with van der Waals surface area (Å²) in [5.41, 5.74) is 0.427. The SMILES string of the molecule is CC(=NOCCOC1CCN(C(=O)OC(C)(C)C)CC1)c1ccc(C)s1. The zero-order chi connectivity index (χ0) is 19.2. The molecule has 1 aromatic rings. The summed E-state index contributed by atoms with van der Waals surface area (Å²) in [6, 6.07) is 4.13. The molecule has 26 heavy (non-hydrogen) atoms. The minimum Gasteiger partial charge on any atom is -0.444 e. The summed E-state index contributed by atoms with van der Waals surface area (Å²) in [7, 11) is 0. The van der Waals surface area contributed by atoms with Crippen LogP contribution in [0.1, 0.15) is 50.3 Å². The summed E-state index contributed by atoms with van der Waals surface area (Å²) < 4.78 is 11.2.